The standard InChI is InChI=1S/C16H19NO7/c1-9-4-6-12(7-5-9)8-17-15(20)13(23-10(2)18)14(16(21)22)24-11(3)19/h4-7,13-14H,8H2,1-3H3,(H,17,20)(H,21,22)/p-1/t13-,14-/m1/s1. The number of benzene rings is 1. The van der Waals surface area contributed by atoms with Crippen molar-refractivity contribution in [2.45, 2.75) is 39.5 Å². The molecule has 0 aromatic heterocycles. The lowest BCUT2D eigenvalue weighted by atomic mass is 10.1. The van der Waals surface area contributed by atoms with Gasteiger partial charge in [0.05, 0.1) is 5.97 Å². The molecule has 0 aliphatic carbocycles. The number of aryl methyl sites for hydroxylation is 1. The van der Waals surface area contributed by atoms with Gasteiger partial charge in [0, 0.05) is 20.4 Å². The van der Waals surface area contributed by atoms with Gasteiger partial charge in [-0.05, 0) is 12.5 Å². The lowest BCUT2D eigenvalue weighted by Crippen LogP contribution is -2.53. The topological polar surface area (TPSA) is 122 Å². The number of hydrogen-bond donors (Lipinski definition) is 1. The van der Waals surface area contributed by atoms with Gasteiger partial charge >= 0.3 is 11.9 Å². The van der Waals surface area contributed by atoms with Crippen LogP contribution in [-0.2, 0) is 35.2 Å². The van der Waals surface area contributed by atoms with E-state index in [4.69, 9.17) is 4.74 Å². The molecule has 0 saturated heterocycles. The number of esters is 2. The maximum absolute atomic E-state index is 12.2. The van der Waals surface area contributed by atoms with Crippen molar-refractivity contribution in [2.24, 2.45) is 0 Å². The summed E-state index contributed by atoms with van der Waals surface area (Å²) in [4.78, 5) is 45.4. The Morgan fingerprint density at radius 2 is 1.50 bits per heavy atom. The average Bonchev–Trinajstić information content (AvgIpc) is 2.49. The molecule has 24 heavy (non-hydrogen) atoms. The number of carboxylic acid groups (broad SMARTS) is 1. The van der Waals surface area contributed by atoms with Crippen LogP contribution in [0.4, 0.5) is 0 Å². The molecule has 0 unspecified atom stereocenters. The zero-order valence-electron chi connectivity index (χ0n) is 13.5. The molecule has 0 bridgehead atoms. The Hall–Kier alpha value is -2.90. The van der Waals surface area contributed by atoms with E-state index in [0.29, 0.717) is 0 Å². The van der Waals surface area contributed by atoms with Gasteiger partial charge < -0.3 is 24.7 Å². The Labute approximate surface area is 138 Å². The minimum absolute atomic E-state index is 0.0801. The number of aliphatic carboxylic acids is 1. The van der Waals surface area contributed by atoms with Gasteiger partial charge in [-0.2, -0.15) is 0 Å². The molecule has 0 radical (unpaired) electrons. The summed E-state index contributed by atoms with van der Waals surface area (Å²) in [5, 5.41) is 13.5. The number of hydrogen-bond acceptors (Lipinski definition) is 7. The molecule has 0 fully saturated rings. The number of rotatable bonds is 7. The van der Waals surface area contributed by atoms with Crippen LogP contribution in [0.15, 0.2) is 24.3 Å². The van der Waals surface area contributed by atoms with E-state index in [1.54, 1.807) is 12.1 Å². The summed E-state index contributed by atoms with van der Waals surface area (Å²) in [5.74, 6) is -4.61. The molecular weight excluding hydrogens is 318 g/mol. The average molecular weight is 336 g/mol. The Kier molecular flexibility index (Phi) is 6.91. The zero-order valence-corrected chi connectivity index (χ0v) is 13.5. The molecule has 8 heteroatoms. The number of ether oxygens (including phenoxy) is 2. The summed E-state index contributed by atoms with van der Waals surface area (Å²) in [6, 6.07) is 7.24. The van der Waals surface area contributed by atoms with Gasteiger partial charge in [0.25, 0.3) is 5.91 Å². The molecule has 1 amide bonds. The van der Waals surface area contributed by atoms with Crippen LogP contribution in [0.2, 0.25) is 0 Å². The van der Waals surface area contributed by atoms with E-state index >= 15 is 0 Å². The van der Waals surface area contributed by atoms with Crippen molar-refractivity contribution >= 4 is 23.8 Å². The smallest absolute Gasteiger partial charge is 0.303 e. The SMILES string of the molecule is CC(=O)O[C@@H](C(=O)[O-])[C@@H](OC(C)=O)C(=O)NCc1ccc(C)cc1. The van der Waals surface area contributed by atoms with Crippen LogP contribution >= 0.6 is 0 Å². The first-order valence-electron chi connectivity index (χ1n) is 7.09. The van der Waals surface area contributed by atoms with Gasteiger partial charge in [-0.25, -0.2) is 0 Å². The molecule has 1 aromatic carbocycles. The summed E-state index contributed by atoms with van der Waals surface area (Å²) < 4.78 is 9.22. The summed E-state index contributed by atoms with van der Waals surface area (Å²) in [6.45, 7) is 3.95. The first kappa shape index (κ1) is 19.1. The van der Waals surface area contributed by atoms with Crippen molar-refractivity contribution in [1.29, 1.82) is 0 Å². The zero-order chi connectivity index (χ0) is 18.3. The largest absolute Gasteiger partial charge is 0.546 e. The maximum Gasteiger partial charge on any atom is 0.303 e. The van der Waals surface area contributed by atoms with E-state index < -0.39 is 36.0 Å². The third-order valence-electron chi connectivity index (χ3n) is 2.94. The predicted octanol–water partition coefficient (Wildman–Crippen LogP) is -0.775. The molecule has 0 saturated carbocycles. The van der Waals surface area contributed by atoms with Gasteiger partial charge in [0.1, 0.15) is 0 Å². The van der Waals surface area contributed by atoms with Gasteiger partial charge in [-0.1, -0.05) is 29.8 Å². The van der Waals surface area contributed by atoms with Crippen LogP contribution in [0, 0.1) is 6.92 Å². The molecule has 1 rings (SSSR count). The summed E-state index contributed by atoms with van der Waals surface area (Å²) in [5.41, 5.74) is 1.79. The van der Waals surface area contributed by atoms with Crippen LogP contribution in [0.5, 0.6) is 0 Å². The molecular formula is C16H18NO7-. The summed E-state index contributed by atoms with van der Waals surface area (Å²) >= 11 is 0. The predicted molar refractivity (Wildman–Crippen MR) is 79.1 cm³/mol. The second kappa shape index (κ2) is 8.66. The third kappa shape index (κ3) is 6.07. The van der Waals surface area contributed by atoms with Gasteiger partial charge in [0.2, 0.25) is 6.10 Å². The molecule has 0 aliphatic heterocycles. The van der Waals surface area contributed by atoms with Gasteiger partial charge in [-0.15, -0.1) is 0 Å². The fourth-order valence-corrected chi connectivity index (χ4v) is 1.84. The van der Waals surface area contributed by atoms with Crippen molar-refractivity contribution < 1.29 is 33.8 Å². The van der Waals surface area contributed by atoms with Crippen LogP contribution < -0.4 is 10.4 Å². The van der Waals surface area contributed by atoms with Crippen molar-refractivity contribution in [1.82, 2.24) is 5.32 Å². The van der Waals surface area contributed by atoms with E-state index in [1.807, 2.05) is 19.1 Å². The van der Waals surface area contributed by atoms with E-state index in [-0.39, 0.29) is 6.54 Å². The van der Waals surface area contributed by atoms with E-state index in [1.165, 1.54) is 0 Å². The Balaban J connectivity index is 2.86. The van der Waals surface area contributed by atoms with Crippen molar-refractivity contribution in [3.63, 3.8) is 0 Å². The molecule has 0 heterocycles. The highest BCUT2D eigenvalue weighted by molar-refractivity contribution is 5.90. The van der Waals surface area contributed by atoms with Crippen LogP contribution in [-0.4, -0.2) is 36.0 Å². The second-order valence-electron chi connectivity index (χ2n) is 5.08. The summed E-state index contributed by atoms with van der Waals surface area (Å²) in [7, 11) is 0. The molecule has 8 nitrogen and oxygen atoms in total. The Morgan fingerprint density at radius 1 is 1.00 bits per heavy atom. The molecule has 0 aliphatic rings. The third-order valence-corrected chi connectivity index (χ3v) is 2.94. The van der Waals surface area contributed by atoms with E-state index in [0.717, 1.165) is 25.0 Å². The quantitative estimate of drug-likeness (QED) is 0.648. The number of nitrogens with one attached hydrogen (secondary N) is 1. The number of carboxylic acids is 1. The highest BCUT2D eigenvalue weighted by atomic mass is 16.6. The maximum atomic E-state index is 12.2. The number of carbonyl (C=O) groups excluding carboxylic acids is 4. The van der Waals surface area contributed by atoms with Crippen molar-refractivity contribution in [3.8, 4) is 0 Å². The molecule has 1 N–H and O–H groups in total. The Morgan fingerprint density at radius 3 is 1.96 bits per heavy atom. The first-order chi connectivity index (χ1) is 11.2. The summed E-state index contributed by atoms with van der Waals surface area (Å²) in [6.07, 6.45) is -3.88. The molecule has 130 valence electrons. The fourth-order valence-electron chi connectivity index (χ4n) is 1.84. The first-order valence-corrected chi connectivity index (χ1v) is 7.09. The molecule has 2 atom stereocenters. The monoisotopic (exact) mass is 336 g/mol. The van der Waals surface area contributed by atoms with Gasteiger partial charge in [0.15, 0.2) is 6.10 Å². The minimum atomic E-state index is -2.04. The Bertz CT molecular complexity index is 624. The van der Waals surface area contributed by atoms with Gasteiger partial charge in [-0.3, -0.25) is 14.4 Å². The highest BCUT2D eigenvalue weighted by Gasteiger charge is 2.34. The van der Waals surface area contributed by atoms with Crippen LogP contribution in [0.25, 0.3) is 0 Å². The van der Waals surface area contributed by atoms with Crippen LogP contribution in [0.1, 0.15) is 25.0 Å². The lowest BCUT2D eigenvalue weighted by molar-refractivity contribution is -0.318. The minimum Gasteiger partial charge on any atom is -0.546 e. The normalized spacial score (nSPS) is 12.6. The lowest BCUT2D eigenvalue weighted by Gasteiger charge is -2.26. The second-order valence-corrected chi connectivity index (χ2v) is 5.08. The van der Waals surface area contributed by atoms with Crippen molar-refractivity contribution in [3.05, 3.63) is 35.4 Å². The molecule has 1 aromatic rings. The number of carbonyl (C=O) groups is 4. The van der Waals surface area contributed by atoms with Crippen LogP contribution in [0.3, 0.4) is 0 Å². The molecule has 0 spiro atoms. The number of amides is 1. The van der Waals surface area contributed by atoms with Crippen molar-refractivity contribution in [2.75, 3.05) is 0 Å². The van der Waals surface area contributed by atoms with E-state index in [9.17, 15) is 24.3 Å². The highest BCUT2D eigenvalue weighted by Crippen LogP contribution is 2.08. The fraction of sp³-hybridized carbons (Fsp3) is 0.375. The van der Waals surface area contributed by atoms with E-state index in [2.05, 4.69) is 10.1 Å².